The van der Waals surface area contributed by atoms with E-state index in [-0.39, 0.29) is 5.75 Å². The van der Waals surface area contributed by atoms with Crippen molar-refractivity contribution in [3.05, 3.63) is 36.8 Å². The Kier molecular flexibility index (Phi) is 6.38. The smallest absolute Gasteiger partial charge is 0.236 e. The van der Waals surface area contributed by atoms with Crippen molar-refractivity contribution in [1.29, 1.82) is 0 Å². The molecule has 0 aliphatic carbocycles. The van der Waals surface area contributed by atoms with E-state index in [1.165, 1.54) is 4.31 Å². The van der Waals surface area contributed by atoms with Crippen LogP contribution in [0.25, 0.3) is 17.0 Å². The SMILES string of the molecule is CC.O=S1(=O)CCCCN1c1cn2c(-c3cccc(NC4CCNC4)n3)cnc2cn1. The van der Waals surface area contributed by atoms with Crippen molar-refractivity contribution >= 4 is 27.3 Å². The van der Waals surface area contributed by atoms with Crippen LogP contribution in [0, 0.1) is 0 Å². The number of fused-ring (bicyclic) bond motifs is 1. The monoisotopic (exact) mass is 443 g/mol. The zero-order valence-corrected chi connectivity index (χ0v) is 18.8. The molecule has 1 atom stereocenters. The lowest BCUT2D eigenvalue weighted by Crippen LogP contribution is -2.38. The van der Waals surface area contributed by atoms with E-state index < -0.39 is 10.0 Å². The minimum atomic E-state index is -3.32. The van der Waals surface area contributed by atoms with Crippen LogP contribution in [-0.2, 0) is 10.0 Å². The molecule has 2 N–H and O–H groups in total. The molecule has 31 heavy (non-hydrogen) atoms. The number of imidazole rings is 1. The van der Waals surface area contributed by atoms with Crippen LogP contribution in [0.5, 0.6) is 0 Å². The number of aromatic nitrogens is 4. The number of nitrogens with one attached hydrogen (secondary N) is 2. The molecule has 9 nitrogen and oxygen atoms in total. The molecule has 2 aliphatic heterocycles. The van der Waals surface area contributed by atoms with Crippen LogP contribution in [0.4, 0.5) is 11.6 Å². The molecule has 2 aliphatic rings. The summed E-state index contributed by atoms with van der Waals surface area (Å²) in [4.78, 5) is 13.5. The molecule has 166 valence electrons. The van der Waals surface area contributed by atoms with Crippen molar-refractivity contribution in [2.75, 3.05) is 35.0 Å². The summed E-state index contributed by atoms with van der Waals surface area (Å²) in [5.41, 5.74) is 2.22. The van der Waals surface area contributed by atoms with Gasteiger partial charge in [-0.3, -0.25) is 8.71 Å². The van der Waals surface area contributed by atoms with E-state index in [2.05, 4.69) is 20.6 Å². The van der Waals surface area contributed by atoms with Gasteiger partial charge in [0.15, 0.2) is 11.5 Å². The highest BCUT2D eigenvalue weighted by Gasteiger charge is 2.27. The van der Waals surface area contributed by atoms with Gasteiger partial charge in [0.1, 0.15) is 5.82 Å². The fourth-order valence-electron chi connectivity index (χ4n) is 3.89. The van der Waals surface area contributed by atoms with E-state index in [1.54, 1.807) is 18.6 Å². The van der Waals surface area contributed by atoms with E-state index >= 15 is 0 Å². The van der Waals surface area contributed by atoms with Gasteiger partial charge in [-0.05, 0) is 37.9 Å². The Morgan fingerprint density at radius 3 is 2.81 bits per heavy atom. The quantitative estimate of drug-likeness (QED) is 0.638. The van der Waals surface area contributed by atoms with Gasteiger partial charge in [-0.2, -0.15) is 0 Å². The standard InChI is InChI=1S/C19H23N7O2S.C2H6/c27-29(28)9-2-1-8-26(29)19-13-25-16(11-21-18(25)12-22-19)15-4-3-5-17(24-15)23-14-6-7-20-10-14;1-2/h3-5,11-14,20H,1-2,6-10H2,(H,23,24);1-2H3. The third kappa shape index (κ3) is 4.49. The fraction of sp³-hybridized carbons (Fsp3) is 0.476. The molecule has 5 heterocycles. The first-order valence-corrected chi connectivity index (χ1v) is 12.5. The van der Waals surface area contributed by atoms with E-state index in [0.29, 0.717) is 30.5 Å². The summed E-state index contributed by atoms with van der Waals surface area (Å²) in [7, 11) is -3.32. The van der Waals surface area contributed by atoms with Gasteiger partial charge in [0, 0.05) is 19.1 Å². The van der Waals surface area contributed by atoms with Crippen LogP contribution in [0.3, 0.4) is 0 Å². The Labute approximate surface area is 183 Å². The third-order valence-corrected chi connectivity index (χ3v) is 7.26. The summed E-state index contributed by atoms with van der Waals surface area (Å²) in [6, 6.07) is 6.22. The molecule has 1 unspecified atom stereocenters. The highest BCUT2D eigenvalue weighted by molar-refractivity contribution is 7.92. The van der Waals surface area contributed by atoms with Gasteiger partial charge in [-0.25, -0.2) is 23.4 Å². The Morgan fingerprint density at radius 1 is 1.16 bits per heavy atom. The van der Waals surface area contributed by atoms with Crippen molar-refractivity contribution in [1.82, 2.24) is 24.7 Å². The molecule has 3 aromatic heterocycles. The molecular formula is C21H29N7O2S. The summed E-state index contributed by atoms with van der Waals surface area (Å²) in [5, 5.41) is 6.80. The van der Waals surface area contributed by atoms with Crippen LogP contribution in [-0.4, -0.2) is 59.2 Å². The van der Waals surface area contributed by atoms with Crippen LogP contribution in [0.1, 0.15) is 33.1 Å². The summed E-state index contributed by atoms with van der Waals surface area (Å²) >= 11 is 0. The van der Waals surface area contributed by atoms with Crippen LogP contribution in [0.15, 0.2) is 36.8 Å². The van der Waals surface area contributed by atoms with E-state index in [9.17, 15) is 8.42 Å². The first kappa shape index (κ1) is 21.5. The lowest BCUT2D eigenvalue weighted by molar-refractivity contribution is 0.573. The first-order valence-electron chi connectivity index (χ1n) is 10.9. The average molecular weight is 444 g/mol. The van der Waals surface area contributed by atoms with E-state index in [1.807, 2.05) is 36.4 Å². The van der Waals surface area contributed by atoms with Crippen molar-refractivity contribution in [3.63, 3.8) is 0 Å². The van der Waals surface area contributed by atoms with Gasteiger partial charge >= 0.3 is 0 Å². The molecule has 3 aromatic rings. The normalized spacial score (nSPS) is 20.3. The number of sulfonamides is 1. The van der Waals surface area contributed by atoms with Gasteiger partial charge in [-0.15, -0.1) is 0 Å². The number of hydrogen-bond donors (Lipinski definition) is 2. The molecular weight excluding hydrogens is 414 g/mol. The first-order chi connectivity index (χ1) is 15.1. The molecule has 5 rings (SSSR count). The van der Waals surface area contributed by atoms with Gasteiger partial charge in [0.2, 0.25) is 10.0 Å². The van der Waals surface area contributed by atoms with Crippen LogP contribution >= 0.6 is 0 Å². The minimum Gasteiger partial charge on any atom is -0.366 e. The van der Waals surface area contributed by atoms with Crippen molar-refractivity contribution in [3.8, 4) is 11.4 Å². The number of rotatable bonds is 4. The zero-order valence-electron chi connectivity index (χ0n) is 18.0. The molecule has 0 amide bonds. The minimum absolute atomic E-state index is 0.162. The predicted molar refractivity (Wildman–Crippen MR) is 123 cm³/mol. The molecule has 0 bridgehead atoms. The second-order valence-electron chi connectivity index (χ2n) is 7.45. The Hall–Kier alpha value is -2.72. The zero-order chi connectivity index (χ0) is 21.8. The third-order valence-electron chi connectivity index (χ3n) is 5.41. The predicted octanol–water partition coefficient (Wildman–Crippen LogP) is 2.52. The van der Waals surface area contributed by atoms with E-state index in [4.69, 9.17) is 4.98 Å². The molecule has 0 saturated carbocycles. The van der Waals surface area contributed by atoms with Crippen molar-refractivity contribution in [2.45, 2.75) is 39.2 Å². The summed E-state index contributed by atoms with van der Waals surface area (Å²) < 4.78 is 28.2. The Morgan fingerprint density at radius 2 is 2.03 bits per heavy atom. The van der Waals surface area contributed by atoms with Gasteiger partial charge in [-0.1, -0.05) is 19.9 Å². The summed E-state index contributed by atoms with van der Waals surface area (Å²) in [6.07, 6.45) is 7.69. The fourth-order valence-corrected chi connectivity index (χ4v) is 5.46. The summed E-state index contributed by atoms with van der Waals surface area (Å²) in [5.74, 6) is 1.40. The van der Waals surface area contributed by atoms with Crippen LogP contribution < -0.4 is 14.9 Å². The number of anilines is 2. The van der Waals surface area contributed by atoms with Crippen molar-refractivity contribution in [2.24, 2.45) is 0 Å². The highest BCUT2D eigenvalue weighted by atomic mass is 32.2. The topological polar surface area (TPSA) is 105 Å². The number of pyridine rings is 1. The molecule has 0 radical (unpaired) electrons. The lowest BCUT2D eigenvalue weighted by atomic mass is 10.2. The molecule has 2 saturated heterocycles. The molecule has 2 fully saturated rings. The summed E-state index contributed by atoms with van der Waals surface area (Å²) in [6.45, 7) is 6.40. The van der Waals surface area contributed by atoms with E-state index in [0.717, 1.165) is 43.1 Å². The second kappa shape index (κ2) is 9.19. The number of nitrogens with zero attached hydrogens (tertiary/aromatic N) is 5. The average Bonchev–Trinajstić information content (AvgIpc) is 3.44. The van der Waals surface area contributed by atoms with Gasteiger partial charge < -0.3 is 10.6 Å². The highest BCUT2D eigenvalue weighted by Crippen LogP contribution is 2.25. The maximum absolute atomic E-state index is 12.5. The Balaban J connectivity index is 0.00000112. The maximum atomic E-state index is 12.5. The maximum Gasteiger partial charge on any atom is 0.236 e. The molecule has 10 heteroatoms. The second-order valence-corrected chi connectivity index (χ2v) is 9.47. The number of hydrogen-bond acceptors (Lipinski definition) is 7. The van der Waals surface area contributed by atoms with Gasteiger partial charge in [0.25, 0.3) is 0 Å². The van der Waals surface area contributed by atoms with Crippen molar-refractivity contribution < 1.29 is 8.42 Å². The largest absolute Gasteiger partial charge is 0.366 e. The molecule has 0 spiro atoms. The lowest BCUT2D eigenvalue weighted by Gasteiger charge is -2.27. The van der Waals surface area contributed by atoms with Gasteiger partial charge in [0.05, 0.1) is 35.7 Å². The Bertz CT molecular complexity index is 1140. The van der Waals surface area contributed by atoms with Crippen LogP contribution in [0.2, 0.25) is 0 Å². The molecule has 0 aromatic carbocycles.